The van der Waals surface area contributed by atoms with Gasteiger partial charge in [-0.1, -0.05) is 6.92 Å². The van der Waals surface area contributed by atoms with Crippen molar-refractivity contribution in [2.24, 2.45) is 5.92 Å². The lowest BCUT2D eigenvalue weighted by atomic mass is 10.1. The molecule has 0 radical (unpaired) electrons. The number of hydrogen-bond acceptors (Lipinski definition) is 4. The SMILES string of the molecule is CC1CN(C(=O)N2CCCCC2)CC1N(C)c1ncnc2[nH]ccc12. The molecule has 0 bridgehead atoms. The number of urea groups is 1. The summed E-state index contributed by atoms with van der Waals surface area (Å²) >= 11 is 0. The maximum atomic E-state index is 12.8. The second-order valence-electron chi connectivity index (χ2n) is 7.33. The number of nitrogens with zero attached hydrogens (tertiary/aromatic N) is 5. The first-order chi connectivity index (χ1) is 12.1. The number of nitrogens with one attached hydrogen (secondary N) is 1. The summed E-state index contributed by atoms with van der Waals surface area (Å²) in [6.07, 6.45) is 6.99. The molecule has 2 aliphatic rings. The van der Waals surface area contributed by atoms with E-state index in [1.54, 1.807) is 6.33 Å². The Hall–Kier alpha value is -2.31. The van der Waals surface area contributed by atoms with E-state index in [1.165, 1.54) is 6.42 Å². The molecule has 0 aliphatic carbocycles. The molecular formula is C18H26N6O. The molecule has 4 heterocycles. The lowest BCUT2D eigenvalue weighted by Crippen LogP contribution is -2.45. The van der Waals surface area contributed by atoms with E-state index in [1.807, 2.05) is 22.1 Å². The Balaban J connectivity index is 1.51. The first kappa shape index (κ1) is 16.2. The quantitative estimate of drug-likeness (QED) is 0.909. The van der Waals surface area contributed by atoms with Gasteiger partial charge in [0.15, 0.2) is 0 Å². The number of aromatic amines is 1. The Morgan fingerprint density at radius 3 is 2.80 bits per heavy atom. The van der Waals surface area contributed by atoms with E-state index in [4.69, 9.17) is 0 Å². The number of H-pyrrole nitrogens is 1. The van der Waals surface area contributed by atoms with Crippen LogP contribution in [0.4, 0.5) is 10.6 Å². The zero-order valence-electron chi connectivity index (χ0n) is 15.0. The Labute approximate surface area is 148 Å². The Bertz CT molecular complexity index is 753. The first-order valence-electron chi connectivity index (χ1n) is 9.20. The predicted molar refractivity (Wildman–Crippen MR) is 97.6 cm³/mol. The van der Waals surface area contributed by atoms with Crippen molar-refractivity contribution in [1.29, 1.82) is 0 Å². The number of fused-ring (bicyclic) bond motifs is 1. The van der Waals surface area contributed by atoms with Crippen LogP contribution in [-0.4, -0.2) is 70.1 Å². The van der Waals surface area contributed by atoms with Gasteiger partial charge in [-0.3, -0.25) is 0 Å². The van der Waals surface area contributed by atoms with Crippen molar-refractivity contribution in [3.63, 3.8) is 0 Å². The van der Waals surface area contributed by atoms with Gasteiger partial charge in [-0.15, -0.1) is 0 Å². The highest BCUT2D eigenvalue weighted by molar-refractivity contribution is 5.87. The largest absolute Gasteiger partial charge is 0.354 e. The van der Waals surface area contributed by atoms with E-state index >= 15 is 0 Å². The van der Waals surface area contributed by atoms with Crippen LogP contribution in [0.25, 0.3) is 11.0 Å². The van der Waals surface area contributed by atoms with E-state index in [2.05, 4.69) is 33.8 Å². The zero-order valence-corrected chi connectivity index (χ0v) is 15.0. The number of carbonyl (C=O) groups is 1. The second kappa shape index (κ2) is 6.54. The summed E-state index contributed by atoms with van der Waals surface area (Å²) in [5.41, 5.74) is 0.851. The zero-order chi connectivity index (χ0) is 17.4. The monoisotopic (exact) mass is 342 g/mol. The summed E-state index contributed by atoms with van der Waals surface area (Å²) in [7, 11) is 2.07. The van der Waals surface area contributed by atoms with Gasteiger partial charge >= 0.3 is 6.03 Å². The number of aromatic nitrogens is 3. The maximum absolute atomic E-state index is 12.8. The fraction of sp³-hybridized carbons (Fsp3) is 0.611. The van der Waals surface area contributed by atoms with Crippen molar-refractivity contribution in [2.75, 3.05) is 38.1 Å². The molecule has 1 N–H and O–H groups in total. The van der Waals surface area contributed by atoms with Crippen molar-refractivity contribution >= 4 is 22.9 Å². The topological polar surface area (TPSA) is 68.4 Å². The molecule has 4 rings (SSSR count). The van der Waals surface area contributed by atoms with Crippen molar-refractivity contribution in [3.8, 4) is 0 Å². The van der Waals surface area contributed by atoms with Crippen LogP contribution in [0.3, 0.4) is 0 Å². The number of hydrogen-bond donors (Lipinski definition) is 1. The number of amides is 2. The molecule has 0 saturated carbocycles. The Morgan fingerprint density at radius 2 is 2.00 bits per heavy atom. The van der Waals surface area contributed by atoms with E-state index in [0.29, 0.717) is 5.92 Å². The van der Waals surface area contributed by atoms with Crippen LogP contribution in [0, 0.1) is 5.92 Å². The number of likely N-dealkylation sites (tertiary alicyclic amines) is 2. The number of carbonyl (C=O) groups excluding carboxylic acids is 1. The minimum Gasteiger partial charge on any atom is -0.354 e. The maximum Gasteiger partial charge on any atom is 0.320 e. The number of rotatable bonds is 2. The van der Waals surface area contributed by atoms with Crippen molar-refractivity contribution < 1.29 is 4.79 Å². The molecule has 7 nitrogen and oxygen atoms in total. The van der Waals surface area contributed by atoms with Gasteiger partial charge in [0.2, 0.25) is 0 Å². The average molecular weight is 342 g/mol. The Kier molecular flexibility index (Phi) is 4.23. The van der Waals surface area contributed by atoms with Gasteiger partial charge < -0.3 is 19.7 Å². The molecule has 2 amide bonds. The lowest BCUT2D eigenvalue weighted by Gasteiger charge is -2.32. The van der Waals surface area contributed by atoms with Gasteiger partial charge in [0.1, 0.15) is 17.8 Å². The van der Waals surface area contributed by atoms with Gasteiger partial charge in [-0.2, -0.15) is 0 Å². The molecule has 7 heteroatoms. The smallest absolute Gasteiger partial charge is 0.320 e. The Morgan fingerprint density at radius 1 is 1.20 bits per heavy atom. The van der Waals surface area contributed by atoms with Gasteiger partial charge in [-0.05, 0) is 31.2 Å². The highest BCUT2D eigenvalue weighted by Gasteiger charge is 2.37. The molecule has 134 valence electrons. The van der Waals surface area contributed by atoms with Gasteiger partial charge in [-0.25, -0.2) is 14.8 Å². The second-order valence-corrected chi connectivity index (χ2v) is 7.33. The molecule has 2 aromatic heterocycles. The van der Waals surface area contributed by atoms with E-state index in [-0.39, 0.29) is 12.1 Å². The predicted octanol–water partition coefficient (Wildman–Crippen LogP) is 2.32. The number of piperidine rings is 1. The minimum absolute atomic E-state index is 0.205. The molecule has 25 heavy (non-hydrogen) atoms. The summed E-state index contributed by atoms with van der Waals surface area (Å²) in [5, 5.41) is 1.03. The summed E-state index contributed by atoms with van der Waals surface area (Å²) in [6, 6.07) is 2.48. The van der Waals surface area contributed by atoms with Crippen LogP contribution in [-0.2, 0) is 0 Å². The summed E-state index contributed by atoms with van der Waals surface area (Å²) in [5.74, 6) is 1.33. The third kappa shape index (κ3) is 2.92. The molecule has 2 saturated heterocycles. The molecule has 0 aromatic carbocycles. The first-order valence-corrected chi connectivity index (χ1v) is 9.20. The minimum atomic E-state index is 0.205. The van der Waals surface area contributed by atoms with Gasteiger partial charge in [0, 0.05) is 39.4 Å². The van der Waals surface area contributed by atoms with Crippen molar-refractivity contribution in [2.45, 2.75) is 32.2 Å². The number of anilines is 1. The molecule has 2 aromatic rings. The molecule has 2 unspecified atom stereocenters. The third-order valence-electron chi connectivity index (χ3n) is 5.63. The highest BCUT2D eigenvalue weighted by Crippen LogP contribution is 2.29. The van der Waals surface area contributed by atoms with Crippen LogP contribution in [0.2, 0.25) is 0 Å². The molecular weight excluding hydrogens is 316 g/mol. The standard InChI is InChI=1S/C18H26N6O/c1-13-10-24(18(25)23-8-4-3-5-9-23)11-15(13)22(2)17-14-6-7-19-16(14)20-12-21-17/h6-7,12-13,15H,3-5,8-11H2,1-2H3,(H,19,20,21). The normalized spacial score (nSPS) is 24.1. The van der Waals surface area contributed by atoms with Crippen molar-refractivity contribution in [3.05, 3.63) is 18.6 Å². The van der Waals surface area contributed by atoms with Crippen LogP contribution in [0.5, 0.6) is 0 Å². The molecule has 2 aliphatic heterocycles. The average Bonchev–Trinajstić information content (AvgIpc) is 3.27. The van der Waals surface area contributed by atoms with E-state index in [0.717, 1.165) is 55.9 Å². The van der Waals surface area contributed by atoms with Crippen LogP contribution < -0.4 is 4.90 Å². The molecule has 2 atom stereocenters. The summed E-state index contributed by atoms with van der Waals surface area (Å²) in [4.78, 5) is 31.0. The van der Waals surface area contributed by atoms with E-state index < -0.39 is 0 Å². The van der Waals surface area contributed by atoms with Gasteiger partial charge in [0.25, 0.3) is 0 Å². The fourth-order valence-electron chi connectivity index (χ4n) is 4.19. The molecule has 0 spiro atoms. The van der Waals surface area contributed by atoms with Crippen LogP contribution in [0.15, 0.2) is 18.6 Å². The fourth-order valence-corrected chi connectivity index (χ4v) is 4.19. The van der Waals surface area contributed by atoms with Crippen molar-refractivity contribution in [1.82, 2.24) is 24.8 Å². The van der Waals surface area contributed by atoms with Crippen LogP contribution in [0.1, 0.15) is 26.2 Å². The summed E-state index contributed by atoms with van der Waals surface area (Å²) in [6.45, 7) is 5.59. The highest BCUT2D eigenvalue weighted by atomic mass is 16.2. The van der Waals surface area contributed by atoms with Crippen LogP contribution >= 0.6 is 0 Å². The van der Waals surface area contributed by atoms with Gasteiger partial charge in [0.05, 0.1) is 11.4 Å². The third-order valence-corrected chi connectivity index (χ3v) is 5.63. The summed E-state index contributed by atoms with van der Waals surface area (Å²) < 4.78 is 0. The number of likely N-dealkylation sites (N-methyl/N-ethyl adjacent to an activating group) is 1. The molecule has 2 fully saturated rings. The lowest BCUT2D eigenvalue weighted by molar-refractivity contribution is 0.151. The van der Waals surface area contributed by atoms with E-state index in [9.17, 15) is 4.79 Å².